The van der Waals surface area contributed by atoms with E-state index in [-0.39, 0.29) is 12.1 Å². The van der Waals surface area contributed by atoms with Crippen LogP contribution in [0, 0.1) is 0 Å². The van der Waals surface area contributed by atoms with Crippen molar-refractivity contribution in [2.24, 2.45) is 5.73 Å². The Morgan fingerprint density at radius 3 is 2.75 bits per heavy atom. The minimum absolute atomic E-state index is 0.0369. The number of nitrogens with one attached hydrogen (secondary N) is 1. The standard InChI is InChI=1S/C12H16N2O2/c13-12(15)14-11(10-7-4-8-16-10)9-5-2-1-3-6-9/h1-3,5-6,10-11H,4,7-8H2,(H3,13,14,15)/t10?,11-/m0/s1. The number of urea groups is 1. The number of amides is 2. The summed E-state index contributed by atoms with van der Waals surface area (Å²) in [6, 6.07) is 9.13. The molecule has 0 aliphatic carbocycles. The fourth-order valence-corrected chi connectivity index (χ4v) is 2.07. The summed E-state index contributed by atoms with van der Waals surface area (Å²) >= 11 is 0. The van der Waals surface area contributed by atoms with Crippen LogP contribution in [0.25, 0.3) is 0 Å². The summed E-state index contributed by atoms with van der Waals surface area (Å²) in [5.74, 6) is 0. The predicted molar refractivity (Wildman–Crippen MR) is 60.9 cm³/mol. The van der Waals surface area contributed by atoms with Gasteiger partial charge in [-0.2, -0.15) is 0 Å². The summed E-state index contributed by atoms with van der Waals surface area (Å²) in [7, 11) is 0. The third-order valence-electron chi connectivity index (χ3n) is 2.79. The molecule has 16 heavy (non-hydrogen) atoms. The molecular weight excluding hydrogens is 204 g/mol. The maximum Gasteiger partial charge on any atom is 0.312 e. The minimum Gasteiger partial charge on any atom is -0.376 e. The third-order valence-corrected chi connectivity index (χ3v) is 2.79. The maximum atomic E-state index is 11.0. The molecule has 3 N–H and O–H groups in total. The summed E-state index contributed by atoms with van der Waals surface area (Å²) in [6.07, 6.45) is 2.03. The first-order valence-electron chi connectivity index (χ1n) is 5.50. The van der Waals surface area contributed by atoms with Gasteiger partial charge in [-0.15, -0.1) is 0 Å². The molecule has 0 aromatic heterocycles. The monoisotopic (exact) mass is 220 g/mol. The summed E-state index contributed by atoms with van der Waals surface area (Å²) in [5.41, 5.74) is 6.23. The Bertz CT molecular complexity index is 347. The summed E-state index contributed by atoms with van der Waals surface area (Å²) < 4.78 is 5.60. The lowest BCUT2D eigenvalue weighted by Crippen LogP contribution is -2.39. The molecule has 4 nitrogen and oxygen atoms in total. The van der Waals surface area contributed by atoms with Crippen molar-refractivity contribution < 1.29 is 9.53 Å². The molecule has 1 aromatic carbocycles. The van der Waals surface area contributed by atoms with Crippen LogP contribution >= 0.6 is 0 Å². The van der Waals surface area contributed by atoms with Crippen molar-refractivity contribution in [3.05, 3.63) is 35.9 Å². The largest absolute Gasteiger partial charge is 0.376 e. The van der Waals surface area contributed by atoms with E-state index in [0.717, 1.165) is 25.0 Å². The van der Waals surface area contributed by atoms with Crippen LogP contribution < -0.4 is 11.1 Å². The van der Waals surface area contributed by atoms with Gasteiger partial charge in [-0.1, -0.05) is 30.3 Å². The quantitative estimate of drug-likeness (QED) is 0.812. The van der Waals surface area contributed by atoms with Crippen molar-refractivity contribution in [2.75, 3.05) is 6.61 Å². The van der Waals surface area contributed by atoms with Gasteiger partial charge in [0.25, 0.3) is 0 Å². The van der Waals surface area contributed by atoms with Gasteiger partial charge in [0.1, 0.15) is 0 Å². The first-order valence-corrected chi connectivity index (χ1v) is 5.50. The molecule has 1 saturated heterocycles. The molecule has 1 heterocycles. The summed E-state index contributed by atoms with van der Waals surface area (Å²) in [5, 5.41) is 2.75. The second-order valence-corrected chi connectivity index (χ2v) is 3.95. The molecule has 1 unspecified atom stereocenters. The normalized spacial score (nSPS) is 21.6. The zero-order valence-electron chi connectivity index (χ0n) is 9.06. The zero-order valence-corrected chi connectivity index (χ0v) is 9.06. The van der Waals surface area contributed by atoms with E-state index in [4.69, 9.17) is 10.5 Å². The molecular formula is C12H16N2O2. The highest BCUT2D eigenvalue weighted by atomic mass is 16.5. The number of nitrogens with two attached hydrogens (primary N) is 1. The van der Waals surface area contributed by atoms with E-state index in [1.165, 1.54) is 0 Å². The SMILES string of the molecule is NC(=O)N[C@@H](c1ccccc1)C1CCCO1. The number of primary amides is 1. The average molecular weight is 220 g/mol. The second kappa shape index (κ2) is 4.99. The number of hydrogen-bond donors (Lipinski definition) is 2. The second-order valence-electron chi connectivity index (χ2n) is 3.95. The van der Waals surface area contributed by atoms with E-state index in [2.05, 4.69) is 5.32 Å². The van der Waals surface area contributed by atoms with Crippen LogP contribution in [-0.4, -0.2) is 18.7 Å². The average Bonchev–Trinajstić information content (AvgIpc) is 2.80. The van der Waals surface area contributed by atoms with Gasteiger partial charge < -0.3 is 15.8 Å². The Hall–Kier alpha value is -1.55. The Kier molecular flexibility index (Phi) is 3.41. The topological polar surface area (TPSA) is 64.4 Å². The molecule has 4 heteroatoms. The molecule has 1 aromatic rings. The van der Waals surface area contributed by atoms with Gasteiger partial charge in [0, 0.05) is 6.61 Å². The Balaban J connectivity index is 2.16. The summed E-state index contributed by atoms with van der Waals surface area (Å²) in [4.78, 5) is 11.0. The first-order chi connectivity index (χ1) is 7.77. The molecule has 86 valence electrons. The molecule has 2 atom stereocenters. The first kappa shape index (κ1) is 11.0. The Morgan fingerprint density at radius 1 is 1.44 bits per heavy atom. The van der Waals surface area contributed by atoms with Gasteiger partial charge in [0.05, 0.1) is 12.1 Å². The number of carbonyl (C=O) groups excluding carboxylic acids is 1. The zero-order chi connectivity index (χ0) is 11.4. The molecule has 1 fully saturated rings. The molecule has 0 bridgehead atoms. The van der Waals surface area contributed by atoms with Crippen LogP contribution in [0.4, 0.5) is 4.79 Å². The number of rotatable bonds is 3. The van der Waals surface area contributed by atoms with Gasteiger partial charge in [-0.05, 0) is 18.4 Å². The molecule has 0 saturated carbocycles. The highest BCUT2D eigenvalue weighted by Gasteiger charge is 2.27. The van der Waals surface area contributed by atoms with E-state index in [0.29, 0.717) is 0 Å². The van der Waals surface area contributed by atoms with Crippen LogP contribution in [0.1, 0.15) is 24.4 Å². The lowest BCUT2D eigenvalue weighted by atomic mass is 9.99. The van der Waals surface area contributed by atoms with E-state index in [1.807, 2.05) is 30.3 Å². The van der Waals surface area contributed by atoms with Crippen LogP contribution in [0.3, 0.4) is 0 Å². The van der Waals surface area contributed by atoms with E-state index in [1.54, 1.807) is 0 Å². The Labute approximate surface area is 94.8 Å². The van der Waals surface area contributed by atoms with Crippen molar-refractivity contribution in [3.63, 3.8) is 0 Å². The van der Waals surface area contributed by atoms with Gasteiger partial charge >= 0.3 is 6.03 Å². The molecule has 1 aliphatic rings. The van der Waals surface area contributed by atoms with Gasteiger partial charge in [-0.3, -0.25) is 0 Å². The third kappa shape index (κ3) is 2.52. The molecule has 0 spiro atoms. The van der Waals surface area contributed by atoms with Gasteiger partial charge in [-0.25, -0.2) is 4.79 Å². The smallest absolute Gasteiger partial charge is 0.312 e. The van der Waals surface area contributed by atoms with Crippen LogP contribution in [0.2, 0.25) is 0 Å². The highest BCUT2D eigenvalue weighted by molar-refractivity contribution is 5.72. The number of ether oxygens (including phenoxy) is 1. The van der Waals surface area contributed by atoms with Crippen molar-refractivity contribution in [1.29, 1.82) is 0 Å². The van der Waals surface area contributed by atoms with E-state index >= 15 is 0 Å². The highest BCUT2D eigenvalue weighted by Crippen LogP contribution is 2.26. The number of carbonyl (C=O) groups is 1. The minimum atomic E-state index is -0.510. The van der Waals surface area contributed by atoms with Crippen LogP contribution in [0.5, 0.6) is 0 Å². The molecule has 2 rings (SSSR count). The van der Waals surface area contributed by atoms with E-state index < -0.39 is 6.03 Å². The lowest BCUT2D eigenvalue weighted by molar-refractivity contribution is 0.0813. The fourth-order valence-electron chi connectivity index (χ4n) is 2.07. The molecule has 0 radical (unpaired) electrons. The number of benzene rings is 1. The van der Waals surface area contributed by atoms with Crippen molar-refractivity contribution >= 4 is 6.03 Å². The van der Waals surface area contributed by atoms with Crippen molar-refractivity contribution in [1.82, 2.24) is 5.32 Å². The summed E-state index contributed by atoms with van der Waals surface area (Å²) in [6.45, 7) is 0.758. The number of hydrogen-bond acceptors (Lipinski definition) is 2. The fraction of sp³-hybridized carbons (Fsp3) is 0.417. The van der Waals surface area contributed by atoms with Crippen LogP contribution in [-0.2, 0) is 4.74 Å². The maximum absolute atomic E-state index is 11.0. The van der Waals surface area contributed by atoms with E-state index in [9.17, 15) is 4.79 Å². The molecule has 1 aliphatic heterocycles. The van der Waals surface area contributed by atoms with Crippen molar-refractivity contribution in [3.8, 4) is 0 Å². The molecule has 2 amide bonds. The van der Waals surface area contributed by atoms with Crippen LogP contribution in [0.15, 0.2) is 30.3 Å². The lowest BCUT2D eigenvalue weighted by Gasteiger charge is -2.23. The van der Waals surface area contributed by atoms with Gasteiger partial charge in [0.15, 0.2) is 0 Å². The van der Waals surface area contributed by atoms with Crippen molar-refractivity contribution in [2.45, 2.75) is 25.0 Å². The van der Waals surface area contributed by atoms with Gasteiger partial charge in [0.2, 0.25) is 0 Å². The predicted octanol–water partition coefficient (Wildman–Crippen LogP) is 1.57. The Morgan fingerprint density at radius 2 is 2.19 bits per heavy atom.